The average Bonchev–Trinajstić information content (AvgIpc) is 2.37. The fourth-order valence-electron chi connectivity index (χ4n) is 1.61. The first-order chi connectivity index (χ1) is 8.53. The van der Waals surface area contributed by atoms with Crippen molar-refractivity contribution in [2.24, 2.45) is 0 Å². The Morgan fingerprint density at radius 2 is 2.00 bits per heavy atom. The molecule has 0 spiro atoms. The predicted octanol–water partition coefficient (Wildman–Crippen LogP) is 1.25. The number of fused-ring (bicyclic) bond motifs is 1. The third kappa shape index (κ3) is 2.53. The molecular weight excluding hydrogens is 252 g/mol. The van der Waals surface area contributed by atoms with Crippen LogP contribution in [0.25, 0.3) is 10.9 Å². The van der Waals surface area contributed by atoms with Crippen LogP contribution in [0.1, 0.15) is 17.3 Å². The fourth-order valence-corrected chi connectivity index (χ4v) is 2.37. The molecule has 0 radical (unpaired) electrons. The van der Waals surface area contributed by atoms with Crippen LogP contribution in [0.15, 0.2) is 30.5 Å². The zero-order valence-corrected chi connectivity index (χ0v) is 10.6. The van der Waals surface area contributed by atoms with Gasteiger partial charge in [0.2, 0.25) is 0 Å². The van der Waals surface area contributed by atoms with Crippen LogP contribution in [0, 0.1) is 0 Å². The maximum atomic E-state index is 12.0. The Balaban J connectivity index is 2.46. The van der Waals surface area contributed by atoms with Gasteiger partial charge in [0.25, 0.3) is 0 Å². The monoisotopic (exact) mass is 264 g/mol. The Kier molecular flexibility index (Phi) is 3.38. The number of sulfone groups is 1. The third-order valence-electron chi connectivity index (χ3n) is 2.64. The number of carbonyl (C=O) groups is 1. The fraction of sp³-hybridized carbons (Fsp3) is 0.250. The first kappa shape index (κ1) is 12.6. The number of hydrogen-bond acceptors (Lipinski definition) is 5. The molecule has 1 heterocycles. The number of carbonyl (C=O) groups excluding carboxylic acids is 1. The summed E-state index contributed by atoms with van der Waals surface area (Å²) in [5.74, 6) is -0.975. The molecule has 1 aromatic carbocycles. The number of hydrogen-bond donors (Lipinski definition) is 0. The Labute approximate surface area is 105 Å². The molecule has 0 saturated heterocycles. The minimum atomic E-state index is -3.33. The summed E-state index contributed by atoms with van der Waals surface area (Å²) in [6.45, 7) is 1.52. The lowest BCUT2D eigenvalue weighted by Gasteiger charge is -2.04. The highest BCUT2D eigenvalue weighted by molar-refractivity contribution is 7.92. The maximum absolute atomic E-state index is 12.0. The standard InChI is InChI=1S/C12H12N2O3S/c1-2-18(16,17)8-12(15)10-7-13-14-11-6-4-3-5-9(10)11/h3-7H,2,8H2,1H3. The SMILES string of the molecule is CCS(=O)(=O)CC(=O)c1cnnc2ccccc12. The van der Waals surface area contributed by atoms with E-state index in [0.29, 0.717) is 16.5 Å². The minimum absolute atomic E-state index is 0.0464. The number of aromatic nitrogens is 2. The molecule has 0 N–H and O–H groups in total. The molecule has 0 aliphatic rings. The van der Waals surface area contributed by atoms with Gasteiger partial charge in [0.1, 0.15) is 5.75 Å². The van der Waals surface area contributed by atoms with Gasteiger partial charge in [-0.15, -0.1) is 0 Å². The molecular formula is C12H12N2O3S. The van der Waals surface area contributed by atoms with E-state index in [0.717, 1.165) is 0 Å². The molecule has 18 heavy (non-hydrogen) atoms. The Morgan fingerprint density at radius 1 is 1.28 bits per heavy atom. The summed E-state index contributed by atoms with van der Waals surface area (Å²) in [5, 5.41) is 8.24. The Morgan fingerprint density at radius 3 is 2.72 bits per heavy atom. The van der Waals surface area contributed by atoms with E-state index in [-0.39, 0.29) is 5.75 Å². The second-order valence-electron chi connectivity index (χ2n) is 3.88. The van der Waals surface area contributed by atoms with Crippen molar-refractivity contribution in [1.82, 2.24) is 10.2 Å². The molecule has 1 aromatic heterocycles. The molecule has 0 aliphatic heterocycles. The van der Waals surface area contributed by atoms with Crippen LogP contribution < -0.4 is 0 Å². The number of ketones is 1. The van der Waals surface area contributed by atoms with Gasteiger partial charge in [-0.2, -0.15) is 10.2 Å². The zero-order chi connectivity index (χ0) is 13.2. The molecule has 0 bridgehead atoms. The van der Waals surface area contributed by atoms with Crippen molar-refractivity contribution in [1.29, 1.82) is 0 Å². The van der Waals surface area contributed by atoms with Crippen LogP contribution in [-0.2, 0) is 9.84 Å². The largest absolute Gasteiger partial charge is 0.293 e. The van der Waals surface area contributed by atoms with E-state index >= 15 is 0 Å². The molecule has 0 amide bonds. The second kappa shape index (κ2) is 4.81. The number of benzene rings is 1. The van der Waals surface area contributed by atoms with Crippen molar-refractivity contribution in [3.63, 3.8) is 0 Å². The van der Waals surface area contributed by atoms with Crippen molar-refractivity contribution in [2.45, 2.75) is 6.92 Å². The van der Waals surface area contributed by atoms with Crippen LogP contribution in [0.2, 0.25) is 0 Å². The topological polar surface area (TPSA) is 77.0 Å². The number of rotatable bonds is 4. The van der Waals surface area contributed by atoms with Gasteiger partial charge in [-0.05, 0) is 6.07 Å². The van der Waals surface area contributed by atoms with Crippen molar-refractivity contribution in [2.75, 3.05) is 11.5 Å². The quantitative estimate of drug-likeness (QED) is 0.777. The van der Waals surface area contributed by atoms with E-state index in [9.17, 15) is 13.2 Å². The zero-order valence-electron chi connectivity index (χ0n) is 9.83. The highest BCUT2D eigenvalue weighted by Gasteiger charge is 2.18. The Bertz CT molecular complexity index is 690. The maximum Gasteiger partial charge on any atom is 0.180 e. The van der Waals surface area contributed by atoms with Gasteiger partial charge in [-0.3, -0.25) is 4.79 Å². The summed E-state index contributed by atoms with van der Waals surface area (Å²) in [5.41, 5.74) is 0.884. The highest BCUT2D eigenvalue weighted by atomic mass is 32.2. The predicted molar refractivity (Wildman–Crippen MR) is 68.2 cm³/mol. The van der Waals surface area contributed by atoms with Crippen LogP contribution in [-0.4, -0.2) is 35.9 Å². The lowest BCUT2D eigenvalue weighted by molar-refractivity contribution is 0.102. The highest BCUT2D eigenvalue weighted by Crippen LogP contribution is 2.16. The normalized spacial score (nSPS) is 11.6. The Hall–Kier alpha value is -1.82. The average molecular weight is 264 g/mol. The molecule has 5 nitrogen and oxygen atoms in total. The number of Topliss-reactive ketones (excluding diaryl/α,β-unsaturated/α-hetero) is 1. The smallest absolute Gasteiger partial charge is 0.180 e. The van der Waals surface area contributed by atoms with Gasteiger partial charge in [-0.25, -0.2) is 8.42 Å². The molecule has 6 heteroatoms. The molecule has 2 aromatic rings. The van der Waals surface area contributed by atoms with E-state index in [4.69, 9.17) is 0 Å². The molecule has 0 unspecified atom stereocenters. The van der Waals surface area contributed by atoms with E-state index < -0.39 is 21.4 Å². The van der Waals surface area contributed by atoms with Gasteiger partial charge >= 0.3 is 0 Å². The summed E-state index contributed by atoms with van der Waals surface area (Å²) >= 11 is 0. The van der Waals surface area contributed by atoms with Gasteiger partial charge in [0, 0.05) is 16.7 Å². The van der Waals surface area contributed by atoms with Gasteiger partial charge in [0.05, 0.1) is 11.7 Å². The first-order valence-electron chi connectivity index (χ1n) is 5.47. The number of nitrogens with zero attached hydrogens (tertiary/aromatic N) is 2. The van der Waals surface area contributed by atoms with Gasteiger partial charge < -0.3 is 0 Å². The minimum Gasteiger partial charge on any atom is -0.293 e. The lowest BCUT2D eigenvalue weighted by atomic mass is 10.1. The van der Waals surface area contributed by atoms with Crippen molar-refractivity contribution in [3.05, 3.63) is 36.0 Å². The lowest BCUT2D eigenvalue weighted by Crippen LogP contribution is -2.18. The van der Waals surface area contributed by atoms with Crippen LogP contribution in [0.3, 0.4) is 0 Å². The second-order valence-corrected chi connectivity index (χ2v) is 6.23. The first-order valence-corrected chi connectivity index (χ1v) is 7.29. The van der Waals surface area contributed by atoms with E-state index in [1.807, 2.05) is 0 Å². The van der Waals surface area contributed by atoms with E-state index in [1.54, 1.807) is 24.3 Å². The molecule has 0 fully saturated rings. The van der Waals surface area contributed by atoms with E-state index in [1.165, 1.54) is 13.1 Å². The summed E-state index contributed by atoms with van der Waals surface area (Å²) in [4.78, 5) is 12.0. The van der Waals surface area contributed by atoms with Crippen molar-refractivity contribution >= 4 is 26.5 Å². The van der Waals surface area contributed by atoms with Crippen LogP contribution in [0.4, 0.5) is 0 Å². The third-order valence-corrected chi connectivity index (χ3v) is 4.22. The van der Waals surface area contributed by atoms with Gasteiger partial charge in [0.15, 0.2) is 15.6 Å². The van der Waals surface area contributed by atoms with Crippen LogP contribution >= 0.6 is 0 Å². The molecule has 94 valence electrons. The molecule has 2 rings (SSSR count). The summed E-state index contributed by atoms with van der Waals surface area (Å²) < 4.78 is 22.9. The van der Waals surface area contributed by atoms with Gasteiger partial charge in [-0.1, -0.05) is 25.1 Å². The van der Waals surface area contributed by atoms with Crippen molar-refractivity contribution in [3.8, 4) is 0 Å². The van der Waals surface area contributed by atoms with Crippen LogP contribution in [0.5, 0.6) is 0 Å². The summed E-state index contributed by atoms with van der Waals surface area (Å²) in [6, 6.07) is 7.02. The summed E-state index contributed by atoms with van der Waals surface area (Å²) in [7, 11) is -3.33. The summed E-state index contributed by atoms with van der Waals surface area (Å²) in [6.07, 6.45) is 1.32. The van der Waals surface area contributed by atoms with E-state index in [2.05, 4.69) is 10.2 Å². The molecule has 0 saturated carbocycles. The molecule has 0 atom stereocenters. The van der Waals surface area contributed by atoms with Crippen molar-refractivity contribution < 1.29 is 13.2 Å². The molecule has 0 aliphatic carbocycles.